The molecule has 1 amide bonds. The molecule has 3 heterocycles. The van der Waals surface area contributed by atoms with E-state index in [0.29, 0.717) is 18.2 Å². The Bertz CT molecular complexity index is 1050. The number of benzene rings is 1. The van der Waals surface area contributed by atoms with Gasteiger partial charge in [-0.1, -0.05) is 12.1 Å². The number of ether oxygens (including phenoxy) is 2. The molecule has 0 radical (unpaired) electrons. The van der Waals surface area contributed by atoms with Crippen molar-refractivity contribution in [1.82, 2.24) is 19.9 Å². The monoisotopic (exact) mass is 447 g/mol. The predicted molar refractivity (Wildman–Crippen MR) is 126 cm³/mol. The standard InChI is InChI=1S/C25H29N5O3/c1-19(31)29(2)11-3-4-22-17-26-18-25(28-22)33-23-8-5-20(6-9-23)21-7-10-24(27-16-21)30-12-14-32-15-13-30/h5-10,16-18H,3-4,11-15H2,1-2H3. The molecule has 1 aromatic carbocycles. The average Bonchev–Trinajstić information content (AvgIpc) is 2.85. The number of carbonyl (C=O) groups is 1. The van der Waals surface area contributed by atoms with Crippen molar-refractivity contribution in [1.29, 1.82) is 0 Å². The van der Waals surface area contributed by atoms with E-state index < -0.39 is 0 Å². The number of morpholine rings is 1. The van der Waals surface area contributed by atoms with Crippen LogP contribution in [-0.2, 0) is 16.0 Å². The summed E-state index contributed by atoms with van der Waals surface area (Å²) in [4.78, 5) is 28.6. The van der Waals surface area contributed by atoms with Gasteiger partial charge in [0.05, 0.1) is 25.1 Å². The Balaban J connectivity index is 1.34. The van der Waals surface area contributed by atoms with Gasteiger partial charge in [0, 0.05) is 51.6 Å². The molecule has 1 aliphatic rings. The number of hydrogen-bond donors (Lipinski definition) is 0. The number of carbonyl (C=O) groups excluding carboxylic acids is 1. The van der Waals surface area contributed by atoms with Gasteiger partial charge in [-0.2, -0.15) is 0 Å². The highest BCUT2D eigenvalue weighted by atomic mass is 16.5. The van der Waals surface area contributed by atoms with E-state index in [1.54, 1.807) is 31.3 Å². The number of rotatable bonds is 8. The summed E-state index contributed by atoms with van der Waals surface area (Å²) in [5, 5.41) is 0. The first kappa shape index (κ1) is 22.7. The Morgan fingerprint density at radius 2 is 1.82 bits per heavy atom. The summed E-state index contributed by atoms with van der Waals surface area (Å²) >= 11 is 0. The number of anilines is 1. The smallest absolute Gasteiger partial charge is 0.238 e. The first-order valence-electron chi connectivity index (χ1n) is 11.2. The van der Waals surface area contributed by atoms with E-state index in [2.05, 4.69) is 32.0 Å². The number of amides is 1. The maximum Gasteiger partial charge on any atom is 0.238 e. The summed E-state index contributed by atoms with van der Waals surface area (Å²) in [5.74, 6) is 2.19. The molecule has 172 valence electrons. The molecule has 0 atom stereocenters. The van der Waals surface area contributed by atoms with E-state index in [-0.39, 0.29) is 5.91 Å². The average molecular weight is 448 g/mol. The van der Waals surface area contributed by atoms with Crippen LogP contribution in [0.25, 0.3) is 11.1 Å². The highest BCUT2D eigenvalue weighted by molar-refractivity contribution is 5.72. The lowest BCUT2D eigenvalue weighted by Crippen LogP contribution is -2.36. The van der Waals surface area contributed by atoms with Gasteiger partial charge in [0.25, 0.3) is 0 Å². The van der Waals surface area contributed by atoms with Gasteiger partial charge in [-0.3, -0.25) is 9.78 Å². The Morgan fingerprint density at radius 3 is 2.52 bits per heavy atom. The maximum absolute atomic E-state index is 11.3. The molecule has 8 nitrogen and oxygen atoms in total. The minimum absolute atomic E-state index is 0.0606. The van der Waals surface area contributed by atoms with Crippen molar-refractivity contribution in [2.45, 2.75) is 19.8 Å². The molecule has 2 aromatic heterocycles. The van der Waals surface area contributed by atoms with Gasteiger partial charge >= 0.3 is 0 Å². The SMILES string of the molecule is CC(=O)N(C)CCCc1cncc(Oc2ccc(-c3ccc(N4CCOCC4)nc3)cc2)n1. The fourth-order valence-corrected chi connectivity index (χ4v) is 3.58. The lowest BCUT2D eigenvalue weighted by atomic mass is 10.1. The zero-order valence-corrected chi connectivity index (χ0v) is 19.1. The van der Waals surface area contributed by atoms with Crippen molar-refractivity contribution in [3.63, 3.8) is 0 Å². The molecule has 0 aliphatic carbocycles. The fourth-order valence-electron chi connectivity index (χ4n) is 3.58. The Kier molecular flexibility index (Phi) is 7.47. The summed E-state index contributed by atoms with van der Waals surface area (Å²) in [7, 11) is 1.80. The summed E-state index contributed by atoms with van der Waals surface area (Å²) in [6, 6.07) is 12.0. The van der Waals surface area contributed by atoms with Crippen LogP contribution in [-0.4, -0.2) is 65.7 Å². The first-order chi connectivity index (χ1) is 16.1. The van der Waals surface area contributed by atoms with Crippen LogP contribution in [0.5, 0.6) is 11.6 Å². The highest BCUT2D eigenvalue weighted by Crippen LogP contribution is 2.26. The van der Waals surface area contributed by atoms with E-state index in [1.165, 1.54) is 0 Å². The van der Waals surface area contributed by atoms with Crippen LogP contribution in [0.4, 0.5) is 5.82 Å². The third-order valence-electron chi connectivity index (χ3n) is 5.62. The Morgan fingerprint density at radius 1 is 1.06 bits per heavy atom. The van der Waals surface area contributed by atoms with E-state index in [9.17, 15) is 4.79 Å². The van der Waals surface area contributed by atoms with Gasteiger partial charge in [0.2, 0.25) is 11.8 Å². The van der Waals surface area contributed by atoms with Crippen LogP contribution < -0.4 is 9.64 Å². The molecule has 8 heteroatoms. The van der Waals surface area contributed by atoms with Crippen LogP contribution in [0.15, 0.2) is 55.0 Å². The summed E-state index contributed by atoms with van der Waals surface area (Å²) in [6.07, 6.45) is 6.79. The van der Waals surface area contributed by atoms with Gasteiger partial charge in [0.15, 0.2) is 0 Å². The second kappa shape index (κ2) is 10.9. The maximum atomic E-state index is 11.3. The van der Waals surface area contributed by atoms with Crippen LogP contribution in [0.2, 0.25) is 0 Å². The third kappa shape index (κ3) is 6.26. The molecule has 1 aliphatic heterocycles. The molecule has 33 heavy (non-hydrogen) atoms. The lowest BCUT2D eigenvalue weighted by Gasteiger charge is -2.27. The van der Waals surface area contributed by atoms with Gasteiger partial charge in [-0.25, -0.2) is 9.97 Å². The van der Waals surface area contributed by atoms with Gasteiger partial charge in [0.1, 0.15) is 11.6 Å². The quantitative estimate of drug-likeness (QED) is 0.522. The summed E-state index contributed by atoms with van der Waals surface area (Å²) < 4.78 is 11.3. The van der Waals surface area contributed by atoms with Crippen molar-refractivity contribution >= 4 is 11.7 Å². The fraction of sp³-hybridized carbons (Fsp3) is 0.360. The second-order valence-corrected chi connectivity index (χ2v) is 8.02. The number of hydrogen-bond acceptors (Lipinski definition) is 7. The van der Waals surface area contributed by atoms with Crippen molar-refractivity contribution in [2.24, 2.45) is 0 Å². The van der Waals surface area contributed by atoms with Crippen LogP contribution in [0, 0.1) is 0 Å². The number of aryl methyl sites for hydroxylation is 1. The van der Waals surface area contributed by atoms with Gasteiger partial charge < -0.3 is 19.3 Å². The van der Waals surface area contributed by atoms with Gasteiger partial charge in [-0.15, -0.1) is 0 Å². The minimum Gasteiger partial charge on any atom is -0.437 e. The Labute approximate surface area is 194 Å². The summed E-state index contributed by atoms with van der Waals surface area (Å²) in [6.45, 7) is 5.49. The molecule has 0 saturated carbocycles. The topological polar surface area (TPSA) is 80.7 Å². The zero-order chi connectivity index (χ0) is 23.0. The molecule has 3 aromatic rings. The molecular formula is C25H29N5O3. The second-order valence-electron chi connectivity index (χ2n) is 8.02. The molecule has 0 bridgehead atoms. The number of aromatic nitrogens is 3. The van der Waals surface area contributed by atoms with E-state index in [1.807, 2.05) is 30.5 Å². The molecular weight excluding hydrogens is 418 g/mol. The van der Waals surface area contributed by atoms with Gasteiger partial charge in [-0.05, 0) is 42.7 Å². The molecule has 0 N–H and O–H groups in total. The Hall–Kier alpha value is -3.52. The van der Waals surface area contributed by atoms with E-state index in [0.717, 1.165) is 61.8 Å². The molecule has 4 rings (SSSR count). The van der Waals surface area contributed by atoms with E-state index in [4.69, 9.17) is 9.47 Å². The van der Waals surface area contributed by atoms with Crippen molar-refractivity contribution < 1.29 is 14.3 Å². The predicted octanol–water partition coefficient (Wildman–Crippen LogP) is 3.58. The van der Waals surface area contributed by atoms with Crippen LogP contribution in [0.1, 0.15) is 19.0 Å². The minimum atomic E-state index is 0.0606. The lowest BCUT2D eigenvalue weighted by molar-refractivity contribution is -0.127. The van der Waals surface area contributed by atoms with Crippen LogP contribution >= 0.6 is 0 Å². The molecule has 0 unspecified atom stereocenters. The normalized spacial score (nSPS) is 13.6. The molecule has 0 spiro atoms. The third-order valence-corrected chi connectivity index (χ3v) is 5.62. The first-order valence-corrected chi connectivity index (χ1v) is 11.2. The van der Waals surface area contributed by atoms with Crippen LogP contribution in [0.3, 0.4) is 0 Å². The zero-order valence-electron chi connectivity index (χ0n) is 19.1. The van der Waals surface area contributed by atoms with Crippen molar-refractivity contribution in [3.05, 3.63) is 60.7 Å². The van der Waals surface area contributed by atoms with E-state index >= 15 is 0 Å². The van der Waals surface area contributed by atoms with Crippen molar-refractivity contribution in [3.8, 4) is 22.8 Å². The number of nitrogens with zero attached hydrogens (tertiary/aromatic N) is 5. The number of pyridine rings is 1. The molecule has 1 fully saturated rings. The molecule has 1 saturated heterocycles. The highest BCUT2D eigenvalue weighted by Gasteiger charge is 2.12. The largest absolute Gasteiger partial charge is 0.437 e. The van der Waals surface area contributed by atoms with Crippen molar-refractivity contribution in [2.75, 3.05) is 44.8 Å². The summed E-state index contributed by atoms with van der Waals surface area (Å²) in [5.41, 5.74) is 2.96.